The van der Waals surface area contributed by atoms with Crippen molar-refractivity contribution in [3.63, 3.8) is 0 Å². The fourth-order valence-corrected chi connectivity index (χ4v) is 1.64. The minimum Gasteiger partial charge on any atom is -0.492 e. The van der Waals surface area contributed by atoms with Crippen LogP contribution in [0.4, 0.5) is 11.8 Å². The summed E-state index contributed by atoms with van der Waals surface area (Å²) in [6.45, 7) is 3.21. The van der Waals surface area contributed by atoms with Gasteiger partial charge in [0.05, 0.1) is 6.54 Å². The lowest BCUT2D eigenvalue weighted by atomic mass is 10.3. The van der Waals surface area contributed by atoms with Gasteiger partial charge in [-0.2, -0.15) is 4.98 Å². The Morgan fingerprint density at radius 1 is 1.16 bits per heavy atom. The third-order valence-corrected chi connectivity index (χ3v) is 2.50. The molecule has 0 aliphatic rings. The fraction of sp³-hybridized carbons (Fsp3) is 0.286. The Balaban J connectivity index is 1.81. The van der Waals surface area contributed by atoms with Crippen LogP contribution in [0.25, 0.3) is 0 Å². The van der Waals surface area contributed by atoms with Crippen LogP contribution in [-0.2, 0) is 0 Å². The lowest BCUT2D eigenvalue weighted by Gasteiger charge is -2.09. The van der Waals surface area contributed by atoms with Crippen LogP contribution in [0.2, 0.25) is 0 Å². The van der Waals surface area contributed by atoms with Gasteiger partial charge in [-0.05, 0) is 19.1 Å². The SMILES string of the molecule is CNc1nc(C)cc(NCCOc2ccccc2)n1. The molecule has 2 aromatic rings. The molecule has 2 N–H and O–H groups in total. The molecule has 0 bridgehead atoms. The molecule has 1 heterocycles. The molecule has 19 heavy (non-hydrogen) atoms. The summed E-state index contributed by atoms with van der Waals surface area (Å²) in [6, 6.07) is 11.7. The Kier molecular flexibility index (Phi) is 4.55. The molecule has 0 aliphatic carbocycles. The Morgan fingerprint density at radius 3 is 2.68 bits per heavy atom. The number of nitrogens with one attached hydrogen (secondary N) is 2. The van der Waals surface area contributed by atoms with E-state index in [2.05, 4.69) is 20.6 Å². The van der Waals surface area contributed by atoms with Crippen molar-refractivity contribution >= 4 is 11.8 Å². The van der Waals surface area contributed by atoms with Crippen molar-refractivity contribution < 1.29 is 4.74 Å². The van der Waals surface area contributed by atoms with E-state index in [0.29, 0.717) is 19.1 Å². The topological polar surface area (TPSA) is 59.1 Å². The summed E-state index contributed by atoms with van der Waals surface area (Å²) in [6.07, 6.45) is 0. The largest absolute Gasteiger partial charge is 0.492 e. The second kappa shape index (κ2) is 6.58. The number of aryl methyl sites for hydroxylation is 1. The molecule has 1 aromatic carbocycles. The van der Waals surface area contributed by atoms with Crippen LogP contribution in [-0.4, -0.2) is 30.2 Å². The zero-order chi connectivity index (χ0) is 13.5. The lowest BCUT2D eigenvalue weighted by Crippen LogP contribution is -2.13. The van der Waals surface area contributed by atoms with Crippen LogP contribution < -0.4 is 15.4 Å². The first-order valence-electron chi connectivity index (χ1n) is 6.23. The highest BCUT2D eigenvalue weighted by molar-refractivity contribution is 5.41. The Bertz CT molecular complexity index is 516. The van der Waals surface area contributed by atoms with Crippen molar-refractivity contribution in [2.24, 2.45) is 0 Å². The third kappa shape index (κ3) is 4.13. The van der Waals surface area contributed by atoms with Gasteiger partial charge in [-0.3, -0.25) is 0 Å². The van der Waals surface area contributed by atoms with Gasteiger partial charge in [-0.1, -0.05) is 18.2 Å². The summed E-state index contributed by atoms with van der Waals surface area (Å²) >= 11 is 0. The van der Waals surface area contributed by atoms with Crippen molar-refractivity contribution in [2.45, 2.75) is 6.92 Å². The van der Waals surface area contributed by atoms with E-state index in [1.807, 2.05) is 43.3 Å². The predicted octanol–water partition coefficient (Wildman–Crippen LogP) is 2.32. The highest BCUT2D eigenvalue weighted by Gasteiger charge is 2.00. The Morgan fingerprint density at radius 2 is 1.95 bits per heavy atom. The molecule has 0 amide bonds. The molecule has 5 nitrogen and oxygen atoms in total. The minimum atomic E-state index is 0.585. The summed E-state index contributed by atoms with van der Waals surface area (Å²) < 4.78 is 5.59. The molecule has 0 radical (unpaired) electrons. The van der Waals surface area contributed by atoms with Crippen LogP contribution in [0.3, 0.4) is 0 Å². The first-order valence-corrected chi connectivity index (χ1v) is 6.23. The average molecular weight is 258 g/mol. The predicted molar refractivity (Wildman–Crippen MR) is 76.7 cm³/mol. The zero-order valence-electron chi connectivity index (χ0n) is 11.2. The van der Waals surface area contributed by atoms with Crippen LogP contribution in [0.1, 0.15) is 5.69 Å². The maximum atomic E-state index is 5.59. The fourth-order valence-electron chi connectivity index (χ4n) is 1.64. The van der Waals surface area contributed by atoms with Gasteiger partial charge in [-0.15, -0.1) is 0 Å². The van der Waals surface area contributed by atoms with Crippen molar-refractivity contribution in [3.05, 3.63) is 42.1 Å². The second-order valence-corrected chi connectivity index (χ2v) is 4.06. The number of aromatic nitrogens is 2. The summed E-state index contributed by atoms with van der Waals surface area (Å²) in [5.41, 5.74) is 0.922. The van der Waals surface area contributed by atoms with Gasteiger partial charge in [0.1, 0.15) is 18.2 Å². The smallest absolute Gasteiger partial charge is 0.224 e. The number of anilines is 2. The van der Waals surface area contributed by atoms with Crippen LogP contribution in [0.5, 0.6) is 5.75 Å². The van der Waals surface area contributed by atoms with E-state index in [0.717, 1.165) is 17.3 Å². The van der Waals surface area contributed by atoms with E-state index in [-0.39, 0.29) is 0 Å². The van der Waals surface area contributed by atoms with E-state index in [4.69, 9.17) is 4.74 Å². The monoisotopic (exact) mass is 258 g/mol. The van der Waals surface area contributed by atoms with Crippen molar-refractivity contribution in [1.29, 1.82) is 0 Å². The summed E-state index contributed by atoms with van der Waals surface area (Å²) in [4.78, 5) is 8.54. The molecule has 0 saturated heterocycles. The van der Waals surface area contributed by atoms with E-state index in [1.165, 1.54) is 0 Å². The number of rotatable bonds is 6. The first kappa shape index (κ1) is 13.1. The normalized spacial score (nSPS) is 10.0. The van der Waals surface area contributed by atoms with E-state index < -0.39 is 0 Å². The molecular weight excluding hydrogens is 240 g/mol. The van der Waals surface area contributed by atoms with Crippen molar-refractivity contribution in [3.8, 4) is 5.75 Å². The van der Waals surface area contributed by atoms with Gasteiger partial charge in [-0.25, -0.2) is 4.98 Å². The lowest BCUT2D eigenvalue weighted by molar-refractivity contribution is 0.333. The summed E-state index contributed by atoms with van der Waals surface area (Å²) in [5, 5.41) is 6.15. The molecule has 0 aliphatic heterocycles. The third-order valence-electron chi connectivity index (χ3n) is 2.50. The molecule has 2 rings (SSSR count). The quantitative estimate of drug-likeness (QED) is 0.779. The summed E-state index contributed by atoms with van der Waals surface area (Å²) in [7, 11) is 1.80. The maximum absolute atomic E-state index is 5.59. The highest BCUT2D eigenvalue weighted by Crippen LogP contribution is 2.10. The van der Waals surface area contributed by atoms with Crippen LogP contribution in [0, 0.1) is 6.92 Å². The number of hydrogen-bond acceptors (Lipinski definition) is 5. The standard InChI is InChI=1S/C14H18N4O/c1-11-10-13(18-14(15-2)17-11)16-8-9-19-12-6-4-3-5-7-12/h3-7,10H,8-9H2,1-2H3,(H2,15,16,17,18). The highest BCUT2D eigenvalue weighted by atomic mass is 16.5. The molecule has 1 aromatic heterocycles. The van der Waals surface area contributed by atoms with Gasteiger partial charge in [0.25, 0.3) is 0 Å². The molecule has 0 saturated carbocycles. The Labute approximate surface area is 113 Å². The molecule has 0 spiro atoms. The molecule has 0 atom stereocenters. The van der Waals surface area contributed by atoms with Gasteiger partial charge in [0.2, 0.25) is 5.95 Å². The second-order valence-electron chi connectivity index (χ2n) is 4.06. The molecule has 0 fully saturated rings. The van der Waals surface area contributed by atoms with Gasteiger partial charge >= 0.3 is 0 Å². The molecule has 100 valence electrons. The van der Waals surface area contributed by atoms with Crippen molar-refractivity contribution in [1.82, 2.24) is 9.97 Å². The molecule has 5 heteroatoms. The molecular formula is C14H18N4O. The van der Waals surface area contributed by atoms with Gasteiger partial charge in [0, 0.05) is 18.8 Å². The number of benzene rings is 1. The minimum absolute atomic E-state index is 0.585. The van der Waals surface area contributed by atoms with Crippen molar-refractivity contribution in [2.75, 3.05) is 30.8 Å². The van der Waals surface area contributed by atoms with E-state index >= 15 is 0 Å². The number of nitrogens with zero attached hydrogens (tertiary/aromatic N) is 2. The maximum Gasteiger partial charge on any atom is 0.224 e. The Hall–Kier alpha value is -2.30. The van der Waals surface area contributed by atoms with Gasteiger partial charge < -0.3 is 15.4 Å². The zero-order valence-corrected chi connectivity index (χ0v) is 11.2. The van der Waals surface area contributed by atoms with Crippen LogP contribution >= 0.6 is 0 Å². The first-order chi connectivity index (χ1) is 9.28. The summed E-state index contributed by atoms with van der Waals surface area (Å²) in [5.74, 6) is 2.29. The number of para-hydroxylation sites is 1. The van der Waals surface area contributed by atoms with E-state index in [1.54, 1.807) is 7.05 Å². The number of hydrogen-bond donors (Lipinski definition) is 2. The molecule has 0 unspecified atom stereocenters. The number of ether oxygens (including phenoxy) is 1. The van der Waals surface area contributed by atoms with Crippen LogP contribution in [0.15, 0.2) is 36.4 Å². The average Bonchev–Trinajstić information content (AvgIpc) is 2.44. The van der Waals surface area contributed by atoms with E-state index in [9.17, 15) is 0 Å². The van der Waals surface area contributed by atoms with Gasteiger partial charge in [0.15, 0.2) is 0 Å².